The van der Waals surface area contributed by atoms with E-state index in [1.807, 2.05) is 30.3 Å². The standard InChI is InChI=1S/C11H11ClO2/c1-11(12)7-9(14-10(11)13)8-5-3-2-4-6-8/h2-6,9H,7H2,1H3/t9-,11+/m0/s1. The van der Waals surface area contributed by atoms with Crippen molar-refractivity contribution in [3.05, 3.63) is 35.9 Å². The van der Waals surface area contributed by atoms with E-state index in [2.05, 4.69) is 0 Å². The number of halogens is 1. The van der Waals surface area contributed by atoms with Crippen LogP contribution in [-0.2, 0) is 9.53 Å². The molecule has 0 saturated carbocycles. The summed E-state index contributed by atoms with van der Waals surface area (Å²) in [6.07, 6.45) is 0.350. The van der Waals surface area contributed by atoms with Gasteiger partial charge in [-0.05, 0) is 12.5 Å². The van der Waals surface area contributed by atoms with Gasteiger partial charge in [0.15, 0.2) is 0 Å². The van der Waals surface area contributed by atoms with E-state index < -0.39 is 4.87 Å². The molecule has 0 aliphatic carbocycles. The molecule has 0 amide bonds. The van der Waals surface area contributed by atoms with Crippen LogP contribution >= 0.6 is 11.6 Å². The second-order valence-electron chi connectivity index (χ2n) is 3.71. The molecule has 1 aliphatic rings. The molecule has 0 unspecified atom stereocenters. The van der Waals surface area contributed by atoms with E-state index in [4.69, 9.17) is 16.3 Å². The Bertz CT molecular complexity index is 346. The van der Waals surface area contributed by atoms with Crippen molar-refractivity contribution in [2.45, 2.75) is 24.3 Å². The van der Waals surface area contributed by atoms with Gasteiger partial charge in [-0.2, -0.15) is 0 Å². The predicted molar refractivity (Wildman–Crippen MR) is 54.2 cm³/mol. The molecule has 1 saturated heterocycles. The fourth-order valence-electron chi connectivity index (χ4n) is 1.58. The summed E-state index contributed by atoms with van der Waals surface area (Å²) in [6.45, 7) is 1.69. The fourth-order valence-corrected chi connectivity index (χ4v) is 1.76. The Hall–Kier alpha value is -1.02. The molecule has 3 heteroatoms. The monoisotopic (exact) mass is 210 g/mol. The highest BCUT2D eigenvalue weighted by atomic mass is 35.5. The topological polar surface area (TPSA) is 26.3 Å². The first-order valence-corrected chi connectivity index (χ1v) is 4.92. The third-order valence-electron chi connectivity index (χ3n) is 2.42. The van der Waals surface area contributed by atoms with E-state index in [0.717, 1.165) is 5.56 Å². The van der Waals surface area contributed by atoms with Gasteiger partial charge in [0, 0.05) is 6.42 Å². The summed E-state index contributed by atoms with van der Waals surface area (Å²) in [6, 6.07) is 9.66. The van der Waals surface area contributed by atoms with Crippen LogP contribution in [0.4, 0.5) is 0 Å². The van der Waals surface area contributed by atoms with Gasteiger partial charge >= 0.3 is 5.97 Å². The number of esters is 1. The number of alkyl halides is 1. The number of carbonyl (C=O) groups excluding carboxylic acids is 1. The highest BCUT2D eigenvalue weighted by Crippen LogP contribution is 2.39. The Labute approximate surface area is 87.8 Å². The van der Waals surface area contributed by atoms with Crippen LogP contribution in [0.15, 0.2) is 30.3 Å². The van der Waals surface area contributed by atoms with Crippen LogP contribution in [0.1, 0.15) is 25.0 Å². The van der Waals surface area contributed by atoms with E-state index in [1.165, 1.54) is 0 Å². The fraction of sp³-hybridized carbons (Fsp3) is 0.364. The number of carbonyl (C=O) groups is 1. The Morgan fingerprint density at radius 3 is 2.57 bits per heavy atom. The Morgan fingerprint density at radius 1 is 1.43 bits per heavy atom. The van der Waals surface area contributed by atoms with Crippen molar-refractivity contribution >= 4 is 17.6 Å². The lowest BCUT2D eigenvalue weighted by molar-refractivity contribution is -0.143. The molecule has 1 aromatic carbocycles. The molecule has 0 bridgehead atoms. The molecule has 14 heavy (non-hydrogen) atoms. The second-order valence-corrected chi connectivity index (χ2v) is 4.54. The Balaban J connectivity index is 2.21. The minimum Gasteiger partial charge on any atom is -0.456 e. The quantitative estimate of drug-likeness (QED) is 0.526. The maximum Gasteiger partial charge on any atom is 0.327 e. The lowest BCUT2D eigenvalue weighted by atomic mass is 10.0. The minimum absolute atomic E-state index is 0.189. The van der Waals surface area contributed by atoms with Crippen molar-refractivity contribution in [1.82, 2.24) is 0 Å². The first-order valence-electron chi connectivity index (χ1n) is 4.54. The summed E-state index contributed by atoms with van der Waals surface area (Å²) in [5.74, 6) is -0.326. The maximum absolute atomic E-state index is 11.3. The van der Waals surface area contributed by atoms with Crippen LogP contribution in [0.2, 0.25) is 0 Å². The lowest BCUT2D eigenvalue weighted by Crippen LogP contribution is -2.21. The molecule has 0 radical (unpaired) electrons. The summed E-state index contributed by atoms with van der Waals surface area (Å²) in [5, 5.41) is 0. The molecular formula is C11H11ClO2. The highest BCUT2D eigenvalue weighted by molar-refractivity contribution is 6.34. The van der Waals surface area contributed by atoms with Gasteiger partial charge in [-0.15, -0.1) is 11.6 Å². The zero-order valence-corrected chi connectivity index (χ0v) is 8.62. The van der Waals surface area contributed by atoms with Gasteiger partial charge in [0.1, 0.15) is 11.0 Å². The van der Waals surface area contributed by atoms with Crippen molar-refractivity contribution in [2.24, 2.45) is 0 Å². The molecule has 74 valence electrons. The first kappa shape index (κ1) is 9.53. The maximum atomic E-state index is 11.3. The van der Waals surface area contributed by atoms with Gasteiger partial charge in [-0.3, -0.25) is 4.79 Å². The van der Waals surface area contributed by atoms with Gasteiger partial charge in [0.2, 0.25) is 0 Å². The normalized spacial score (nSPS) is 31.6. The summed E-state index contributed by atoms with van der Waals surface area (Å²) in [7, 11) is 0. The van der Waals surface area contributed by atoms with Gasteiger partial charge in [-0.25, -0.2) is 0 Å². The third kappa shape index (κ3) is 1.62. The molecule has 2 rings (SSSR count). The number of hydrogen-bond donors (Lipinski definition) is 0. The second kappa shape index (κ2) is 3.28. The smallest absolute Gasteiger partial charge is 0.327 e. The van der Waals surface area contributed by atoms with E-state index >= 15 is 0 Å². The van der Waals surface area contributed by atoms with Crippen LogP contribution in [0.3, 0.4) is 0 Å². The molecule has 0 N–H and O–H groups in total. The zero-order chi connectivity index (χ0) is 10.2. The van der Waals surface area contributed by atoms with E-state index in [0.29, 0.717) is 6.42 Å². The Morgan fingerprint density at radius 2 is 2.07 bits per heavy atom. The number of ether oxygens (including phenoxy) is 1. The van der Waals surface area contributed by atoms with Crippen molar-refractivity contribution in [1.29, 1.82) is 0 Å². The molecule has 1 fully saturated rings. The zero-order valence-electron chi connectivity index (χ0n) is 7.87. The largest absolute Gasteiger partial charge is 0.456 e. The van der Waals surface area contributed by atoms with Crippen molar-refractivity contribution in [3.8, 4) is 0 Å². The molecule has 1 aliphatic heterocycles. The third-order valence-corrected chi connectivity index (χ3v) is 2.72. The number of rotatable bonds is 1. The van der Waals surface area contributed by atoms with Crippen molar-refractivity contribution in [2.75, 3.05) is 0 Å². The van der Waals surface area contributed by atoms with Gasteiger partial charge in [-0.1, -0.05) is 30.3 Å². The first-order chi connectivity index (χ1) is 6.59. The molecule has 1 heterocycles. The van der Waals surface area contributed by atoms with Gasteiger partial charge in [0.05, 0.1) is 0 Å². The average Bonchev–Trinajstić information content (AvgIpc) is 2.43. The van der Waals surface area contributed by atoms with Crippen molar-refractivity contribution < 1.29 is 9.53 Å². The lowest BCUT2D eigenvalue weighted by Gasteiger charge is -2.08. The summed E-state index contributed by atoms with van der Waals surface area (Å²) in [5.41, 5.74) is 1.00. The van der Waals surface area contributed by atoms with E-state index in [-0.39, 0.29) is 12.1 Å². The van der Waals surface area contributed by atoms with Gasteiger partial charge < -0.3 is 4.74 Å². The van der Waals surface area contributed by atoms with E-state index in [1.54, 1.807) is 6.92 Å². The molecule has 0 aromatic heterocycles. The molecular weight excluding hydrogens is 200 g/mol. The predicted octanol–water partition coefficient (Wildman–Crippen LogP) is 2.67. The van der Waals surface area contributed by atoms with Crippen LogP contribution < -0.4 is 0 Å². The molecule has 1 aromatic rings. The SMILES string of the molecule is C[C@@]1(Cl)C[C@@H](c2ccccc2)OC1=O. The number of hydrogen-bond acceptors (Lipinski definition) is 2. The van der Waals surface area contributed by atoms with Crippen LogP contribution in [0.5, 0.6) is 0 Å². The number of benzene rings is 1. The van der Waals surface area contributed by atoms with Crippen LogP contribution in [0, 0.1) is 0 Å². The molecule has 2 nitrogen and oxygen atoms in total. The van der Waals surface area contributed by atoms with Crippen LogP contribution in [-0.4, -0.2) is 10.8 Å². The summed E-state index contributed by atoms with van der Waals surface area (Å²) < 4.78 is 5.19. The van der Waals surface area contributed by atoms with E-state index in [9.17, 15) is 4.79 Å². The number of cyclic esters (lactones) is 1. The average molecular weight is 211 g/mol. The van der Waals surface area contributed by atoms with Crippen molar-refractivity contribution in [3.63, 3.8) is 0 Å². The molecule has 0 spiro atoms. The minimum atomic E-state index is -0.861. The Kier molecular flexibility index (Phi) is 2.23. The van der Waals surface area contributed by atoms with Crippen LogP contribution in [0.25, 0.3) is 0 Å². The summed E-state index contributed by atoms with van der Waals surface area (Å²) in [4.78, 5) is 10.5. The molecule has 2 atom stereocenters. The highest BCUT2D eigenvalue weighted by Gasteiger charge is 2.44. The summed E-state index contributed by atoms with van der Waals surface area (Å²) >= 11 is 5.99. The van der Waals surface area contributed by atoms with Gasteiger partial charge in [0.25, 0.3) is 0 Å².